The lowest BCUT2D eigenvalue weighted by Crippen LogP contribution is -2.23. The van der Waals surface area contributed by atoms with Crippen molar-refractivity contribution in [2.24, 2.45) is 7.05 Å². The quantitative estimate of drug-likeness (QED) is 0.943. The molecule has 0 aliphatic rings. The van der Waals surface area contributed by atoms with Crippen molar-refractivity contribution >= 4 is 21.7 Å². The highest BCUT2D eigenvalue weighted by Gasteiger charge is 2.11. The maximum Gasteiger partial charge on any atom is 0.293 e. The van der Waals surface area contributed by atoms with E-state index < -0.39 is 0 Å². The summed E-state index contributed by atoms with van der Waals surface area (Å²) in [5, 5.41) is 2.99. The highest BCUT2D eigenvalue weighted by molar-refractivity contribution is 9.10. The van der Waals surface area contributed by atoms with E-state index in [2.05, 4.69) is 26.2 Å². The van der Waals surface area contributed by atoms with E-state index in [1.807, 2.05) is 6.92 Å². The molecular weight excluding hydrogens is 313 g/mol. The van der Waals surface area contributed by atoms with Gasteiger partial charge in [0.2, 0.25) is 0 Å². The molecule has 0 spiro atoms. The Bertz CT molecular complexity index is 657. The summed E-state index contributed by atoms with van der Waals surface area (Å²) in [6.07, 6.45) is 1.58. The first-order chi connectivity index (χ1) is 8.97. The average Bonchev–Trinajstić information content (AvgIpc) is 2.35. The van der Waals surface area contributed by atoms with Gasteiger partial charge in [0.05, 0.1) is 6.04 Å². The molecular formula is C13H13BrFN3O. The van der Waals surface area contributed by atoms with Crippen LogP contribution in [0.3, 0.4) is 0 Å². The summed E-state index contributed by atoms with van der Waals surface area (Å²) in [5.74, 6) is -0.0742. The standard InChI is InChI=1S/C13H13BrFN3O/c1-8(9-4-3-5-10(15)6-9)16-12-13(19)18(2)7-11(14)17-12/h3-8H,1-2H3,(H,16,17)/t8-/m0/s1. The molecule has 0 amide bonds. The monoisotopic (exact) mass is 325 g/mol. The second-order valence-corrected chi connectivity index (χ2v) is 5.06. The van der Waals surface area contributed by atoms with Gasteiger partial charge in [-0.1, -0.05) is 12.1 Å². The fourth-order valence-electron chi connectivity index (χ4n) is 1.73. The van der Waals surface area contributed by atoms with Crippen LogP contribution < -0.4 is 10.9 Å². The third-order valence-electron chi connectivity index (χ3n) is 2.74. The third kappa shape index (κ3) is 3.20. The SMILES string of the molecule is C[C@H](Nc1nc(Br)cn(C)c1=O)c1cccc(F)c1. The van der Waals surface area contributed by atoms with E-state index in [0.717, 1.165) is 5.56 Å². The Balaban J connectivity index is 2.29. The molecule has 1 aromatic carbocycles. The second kappa shape index (κ2) is 5.52. The zero-order valence-electron chi connectivity index (χ0n) is 10.5. The Morgan fingerprint density at radius 2 is 2.21 bits per heavy atom. The van der Waals surface area contributed by atoms with E-state index in [-0.39, 0.29) is 23.2 Å². The minimum Gasteiger partial charge on any atom is -0.359 e. The van der Waals surface area contributed by atoms with Crippen LogP contribution in [0.5, 0.6) is 0 Å². The van der Waals surface area contributed by atoms with Gasteiger partial charge in [-0.2, -0.15) is 0 Å². The van der Waals surface area contributed by atoms with Crippen LogP contribution in [-0.4, -0.2) is 9.55 Å². The molecule has 0 aliphatic heterocycles. The molecule has 2 rings (SSSR count). The fraction of sp³-hybridized carbons (Fsp3) is 0.231. The van der Waals surface area contributed by atoms with Gasteiger partial charge < -0.3 is 9.88 Å². The molecule has 19 heavy (non-hydrogen) atoms. The van der Waals surface area contributed by atoms with Gasteiger partial charge >= 0.3 is 0 Å². The van der Waals surface area contributed by atoms with Crippen molar-refractivity contribution in [2.45, 2.75) is 13.0 Å². The fourth-order valence-corrected chi connectivity index (χ4v) is 2.21. The zero-order chi connectivity index (χ0) is 14.0. The molecule has 0 saturated heterocycles. The highest BCUT2D eigenvalue weighted by atomic mass is 79.9. The number of aromatic nitrogens is 2. The lowest BCUT2D eigenvalue weighted by atomic mass is 10.1. The van der Waals surface area contributed by atoms with Crippen molar-refractivity contribution in [2.75, 3.05) is 5.32 Å². The summed E-state index contributed by atoms with van der Waals surface area (Å²) in [7, 11) is 1.65. The molecule has 100 valence electrons. The molecule has 0 saturated carbocycles. The first-order valence-electron chi connectivity index (χ1n) is 5.72. The Labute approximate surface area is 118 Å². The number of hydrogen-bond donors (Lipinski definition) is 1. The van der Waals surface area contributed by atoms with Gasteiger partial charge in [0.15, 0.2) is 5.82 Å². The maximum atomic E-state index is 13.2. The number of rotatable bonds is 3. The lowest BCUT2D eigenvalue weighted by Gasteiger charge is -2.15. The van der Waals surface area contributed by atoms with Gasteiger partial charge in [0.1, 0.15) is 10.4 Å². The Morgan fingerprint density at radius 1 is 1.47 bits per heavy atom. The smallest absolute Gasteiger partial charge is 0.293 e. The summed E-state index contributed by atoms with van der Waals surface area (Å²) in [6, 6.07) is 6.02. The van der Waals surface area contributed by atoms with Crippen molar-refractivity contribution < 1.29 is 4.39 Å². The lowest BCUT2D eigenvalue weighted by molar-refractivity contribution is 0.623. The number of nitrogens with one attached hydrogen (secondary N) is 1. The Morgan fingerprint density at radius 3 is 2.89 bits per heavy atom. The predicted octanol–water partition coefficient (Wildman–Crippen LogP) is 2.86. The summed E-state index contributed by atoms with van der Waals surface area (Å²) in [4.78, 5) is 16.0. The van der Waals surface area contributed by atoms with Crippen molar-refractivity contribution in [3.05, 3.63) is 56.8 Å². The minimum absolute atomic E-state index is 0.217. The Kier molecular flexibility index (Phi) is 3.99. The number of benzene rings is 1. The molecule has 1 N–H and O–H groups in total. The van der Waals surface area contributed by atoms with Crippen LogP contribution in [-0.2, 0) is 7.05 Å². The van der Waals surface area contributed by atoms with Crippen molar-refractivity contribution in [1.82, 2.24) is 9.55 Å². The summed E-state index contributed by atoms with van der Waals surface area (Å²) in [6.45, 7) is 1.84. The zero-order valence-corrected chi connectivity index (χ0v) is 12.1. The number of anilines is 1. The molecule has 0 bridgehead atoms. The van der Waals surface area contributed by atoms with Crippen LogP contribution in [0.15, 0.2) is 39.9 Å². The number of aryl methyl sites for hydroxylation is 1. The van der Waals surface area contributed by atoms with E-state index in [0.29, 0.717) is 4.60 Å². The third-order valence-corrected chi connectivity index (χ3v) is 3.13. The van der Waals surface area contributed by atoms with Crippen LogP contribution in [0.25, 0.3) is 0 Å². The van der Waals surface area contributed by atoms with Gasteiger partial charge in [-0.25, -0.2) is 9.37 Å². The molecule has 0 aliphatic carbocycles. The minimum atomic E-state index is -0.304. The topological polar surface area (TPSA) is 46.9 Å². The molecule has 6 heteroatoms. The van der Waals surface area contributed by atoms with E-state index in [9.17, 15) is 9.18 Å². The first-order valence-corrected chi connectivity index (χ1v) is 6.52. The van der Waals surface area contributed by atoms with Crippen molar-refractivity contribution in [3.8, 4) is 0 Å². The normalized spacial score (nSPS) is 12.2. The number of hydrogen-bond acceptors (Lipinski definition) is 3. The molecule has 0 unspecified atom stereocenters. The van der Waals surface area contributed by atoms with Gasteiger partial charge in [-0.05, 0) is 40.5 Å². The first kappa shape index (κ1) is 13.7. The van der Waals surface area contributed by atoms with Crippen LogP contribution in [0.2, 0.25) is 0 Å². The predicted molar refractivity (Wildman–Crippen MR) is 75.6 cm³/mol. The van der Waals surface area contributed by atoms with Crippen LogP contribution in [0.1, 0.15) is 18.5 Å². The van der Waals surface area contributed by atoms with Gasteiger partial charge in [-0.3, -0.25) is 4.79 Å². The van der Waals surface area contributed by atoms with E-state index >= 15 is 0 Å². The summed E-state index contributed by atoms with van der Waals surface area (Å²) in [5.41, 5.74) is 0.523. The molecule has 0 fully saturated rings. The van der Waals surface area contributed by atoms with Gasteiger partial charge in [0.25, 0.3) is 5.56 Å². The van der Waals surface area contributed by atoms with E-state index in [4.69, 9.17) is 0 Å². The summed E-state index contributed by atoms with van der Waals surface area (Å²) >= 11 is 3.23. The maximum absolute atomic E-state index is 13.2. The van der Waals surface area contributed by atoms with Crippen LogP contribution in [0, 0.1) is 5.82 Å². The second-order valence-electron chi connectivity index (χ2n) is 4.25. The summed E-state index contributed by atoms with van der Waals surface area (Å²) < 4.78 is 15.1. The number of nitrogens with zero attached hydrogens (tertiary/aromatic N) is 2. The molecule has 1 aromatic heterocycles. The van der Waals surface area contributed by atoms with Crippen molar-refractivity contribution in [3.63, 3.8) is 0 Å². The van der Waals surface area contributed by atoms with E-state index in [1.165, 1.54) is 16.7 Å². The van der Waals surface area contributed by atoms with Gasteiger partial charge in [0, 0.05) is 13.2 Å². The molecule has 4 nitrogen and oxygen atoms in total. The van der Waals surface area contributed by atoms with Gasteiger partial charge in [-0.15, -0.1) is 0 Å². The number of halogens is 2. The van der Waals surface area contributed by atoms with Crippen LogP contribution in [0.4, 0.5) is 10.2 Å². The molecule has 1 heterocycles. The average molecular weight is 326 g/mol. The molecule has 1 atom stereocenters. The molecule has 2 aromatic rings. The Hall–Kier alpha value is -1.69. The van der Waals surface area contributed by atoms with E-state index in [1.54, 1.807) is 25.4 Å². The highest BCUT2D eigenvalue weighted by Crippen LogP contribution is 2.17. The van der Waals surface area contributed by atoms with Crippen LogP contribution >= 0.6 is 15.9 Å². The molecule has 0 radical (unpaired) electrons. The largest absolute Gasteiger partial charge is 0.359 e. The van der Waals surface area contributed by atoms with Crippen molar-refractivity contribution in [1.29, 1.82) is 0 Å².